The number of aromatic nitrogens is 1. The molecule has 2 aliphatic rings. The lowest BCUT2D eigenvalue weighted by Crippen LogP contribution is -2.47. The SMILES string of the molecule is Nc1cnc(N2CCN(CC3CC3)CC2)c(F)c1. The smallest absolute Gasteiger partial charge is 0.167 e. The molecule has 1 aromatic heterocycles. The largest absolute Gasteiger partial charge is 0.397 e. The summed E-state index contributed by atoms with van der Waals surface area (Å²) < 4.78 is 13.8. The van der Waals surface area contributed by atoms with E-state index in [4.69, 9.17) is 5.73 Å². The van der Waals surface area contributed by atoms with Crippen molar-refractivity contribution in [3.05, 3.63) is 18.1 Å². The van der Waals surface area contributed by atoms with Gasteiger partial charge in [-0.1, -0.05) is 0 Å². The first-order valence-corrected chi connectivity index (χ1v) is 6.60. The van der Waals surface area contributed by atoms with E-state index in [1.165, 1.54) is 31.6 Å². The maximum Gasteiger partial charge on any atom is 0.167 e. The minimum absolute atomic E-state index is 0.314. The molecule has 0 atom stereocenters. The predicted octanol–water partition coefficient (Wildman–Crippen LogP) is 1.33. The molecule has 0 unspecified atom stereocenters. The summed E-state index contributed by atoms with van der Waals surface area (Å²) in [5.41, 5.74) is 5.89. The average molecular weight is 250 g/mol. The molecule has 5 heteroatoms. The summed E-state index contributed by atoms with van der Waals surface area (Å²) in [5.74, 6) is 1.05. The monoisotopic (exact) mass is 250 g/mol. The van der Waals surface area contributed by atoms with Gasteiger partial charge in [-0.25, -0.2) is 9.37 Å². The number of nitrogen functional groups attached to an aromatic ring is 1. The second-order valence-corrected chi connectivity index (χ2v) is 5.31. The maximum atomic E-state index is 13.8. The van der Waals surface area contributed by atoms with Gasteiger partial charge in [0, 0.05) is 38.8 Å². The summed E-state index contributed by atoms with van der Waals surface area (Å²) in [6, 6.07) is 1.35. The van der Waals surface area contributed by atoms with Crippen molar-refractivity contribution in [1.29, 1.82) is 0 Å². The minimum Gasteiger partial charge on any atom is -0.397 e. The Bertz CT molecular complexity index is 425. The highest BCUT2D eigenvalue weighted by Gasteiger charge is 2.27. The van der Waals surface area contributed by atoms with Gasteiger partial charge in [-0.15, -0.1) is 0 Å². The third-order valence-corrected chi connectivity index (χ3v) is 3.73. The maximum absolute atomic E-state index is 13.8. The molecule has 0 radical (unpaired) electrons. The van der Waals surface area contributed by atoms with Crippen molar-refractivity contribution in [3.8, 4) is 0 Å². The molecule has 2 fully saturated rings. The molecular weight excluding hydrogens is 231 g/mol. The molecule has 4 nitrogen and oxygen atoms in total. The fourth-order valence-corrected chi connectivity index (χ4v) is 2.49. The normalized spacial score (nSPS) is 21.3. The van der Waals surface area contributed by atoms with E-state index in [-0.39, 0.29) is 5.82 Å². The Morgan fingerprint density at radius 2 is 2.00 bits per heavy atom. The van der Waals surface area contributed by atoms with Crippen molar-refractivity contribution < 1.29 is 4.39 Å². The van der Waals surface area contributed by atoms with E-state index in [9.17, 15) is 4.39 Å². The van der Waals surface area contributed by atoms with Gasteiger partial charge in [0.15, 0.2) is 11.6 Å². The van der Waals surface area contributed by atoms with E-state index in [0.29, 0.717) is 11.5 Å². The van der Waals surface area contributed by atoms with Crippen molar-refractivity contribution in [2.75, 3.05) is 43.4 Å². The van der Waals surface area contributed by atoms with Crippen LogP contribution in [0.1, 0.15) is 12.8 Å². The van der Waals surface area contributed by atoms with Gasteiger partial charge >= 0.3 is 0 Å². The molecule has 2 heterocycles. The summed E-state index contributed by atoms with van der Waals surface area (Å²) >= 11 is 0. The number of halogens is 1. The Morgan fingerprint density at radius 1 is 1.28 bits per heavy atom. The summed E-state index contributed by atoms with van der Waals surface area (Å²) in [6.45, 7) is 4.91. The molecule has 0 aromatic carbocycles. The van der Waals surface area contributed by atoms with Crippen molar-refractivity contribution in [2.24, 2.45) is 5.92 Å². The van der Waals surface area contributed by atoms with Gasteiger partial charge in [0.25, 0.3) is 0 Å². The summed E-state index contributed by atoms with van der Waals surface area (Å²) in [5, 5.41) is 0. The van der Waals surface area contributed by atoms with Crippen LogP contribution in [0.5, 0.6) is 0 Å². The number of nitrogens with zero attached hydrogens (tertiary/aromatic N) is 3. The summed E-state index contributed by atoms with van der Waals surface area (Å²) in [6.07, 6.45) is 4.29. The van der Waals surface area contributed by atoms with Crippen LogP contribution >= 0.6 is 0 Å². The Hall–Kier alpha value is -1.36. The van der Waals surface area contributed by atoms with Crippen molar-refractivity contribution >= 4 is 11.5 Å². The number of rotatable bonds is 3. The third-order valence-electron chi connectivity index (χ3n) is 3.73. The van der Waals surface area contributed by atoms with Gasteiger partial charge in [0.1, 0.15) is 0 Å². The number of hydrogen-bond donors (Lipinski definition) is 1. The van der Waals surface area contributed by atoms with Gasteiger partial charge in [-0.2, -0.15) is 0 Å². The first kappa shape index (κ1) is 11.7. The lowest BCUT2D eigenvalue weighted by atomic mass is 10.2. The Morgan fingerprint density at radius 3 is 2.61 bits per heavy atom. The van der Waals surface area contributed by atoms with E-state index in [1.807, 2.05) is 4.90 Å². The van der Waals surface area contributed by atoms with Crippen LogP contribution in [-0.4, -0.2) is 42.6 Å². The van der Waals surface area contributed by atoms with Crippen LogP contribution in [0.15, 0.2) is 12.3 Å². The van der Waals surface area contributed by atoms with E-state index in [0.717, 1.165) is 32.1 Å². The van der Waals surface area contributed by atoms with Gasteiger partial charge in [-0.3, -0.25) is 4.90 Å². The minimum atomic E-state index is -0.314. The molecule has 1 saturated heterocycles. The van der Waals surface area contributed by atoms with Gasteiger partial charge in [0.05, 0.1) is 11.9 Å². The van der Waals surface area contributed by atoms with Crippen molar-refractivity contribution in [1.82, 2.24) is 9.88 Å². The first-order valence-electron chi connectivity index (χ1n) is 6.60. The third kappa shape index (κ3) is 2.56. The molecule has 2 N–H and O–H groups in total. The summed E-state index contributed by atoms with van der Waals surface area (Å²) in [4.78, 5) is 8.59. The van der Waals surface area contributed by atoms with E-state index < -0.39 is 0 Å². The van der Waals surface area contributed by atoms with Crippen LogP contribution in [0.2, 0.25) is 0 Å². The average Bonchev–Trinajstić information content (AvgIpc) is 3.15. The van der Waals surface area contributed by atoms with Crippen LogP contribution in [0.3, 0.4) is 0 Å². The van der Waals surface area contributed by atoms with Gasteiger partial charge in [-0.05, 0) is 18.8 Å². The molecule has 0 bridgehead atoms. The molecule has 1 aliphatic heterocycles. The topological polar surface area (TPSA) is 45.4 Å². The predicted molar refractivity (Wildman–Crippen MR) is 70.0 cm³/mol. The van der Waals surface area contributed by atoms with Gasteiger partial charge < -0.3 is 10.6 Å². The number of hydrogen-bond acceptors (Lipinski definition) is 4. The molecule has 98 valence electrons. The molecule has 1 saturated carbocycles. The highest BCUT2D eigenvalue weighted by molar-refractivity contribution is 5.47. The molecule has 18 heavy (non-hydrogen) atoms. The highest BCUT2D eigenvalue weighted by atomic mass is 19.1. The van der Waals surface area contributed by atoms with Crippen molar-refractivity contribution in [3.63, 3.8) is 0 Å². The van der Waals surface area contributed by atoms with Gasteiger partial charge in [0.2, 0.25) is 0 Å². The van der Waals surface area contributed by atoms with Crippen LogP contribution in [0.25, 0.3) is 0 Å². The zero-order valence-corrected chi connectivity index (χ0v) is 10.5. The standard InChI is InChI=1S/C13H19FN4/c14-12-7-11(15)8-16-13(12)18-5-3-17(4-6-18)9-10-1-2-10/h7-8,10H,1-6,9,15H2. The molecule has 1 aliphatic carbocycles. The summed E-state index contributed by atoms with van der Waals surface area (Å²) in [7, 11) is 0. The molecular formula is C13H19FN4. The fraction of sp³-hybridized carbons (Fsp3) is 0.615. The Balaban J connectivity index is 1.60. The Kier molecular flexibility index (Phi) is 3.07. The molecule has 0 spiro atoms. The highest BCUT2D eigenvalue weighted by Crippen LogP contribution is 2.30. The zero-order valence-electron chi connectivity index (χ0n) is 10.5. The lowest BCUT2D eigenvalue weighted by Gasteiger charge is -2.35. The number of pyridine rings is 1. The van der Waals surface area contributed by atoms with Crippen molar-refractivity contribution in [2.45, 2.75) is 12.8 Å². The lowest BCUT2D eigenvalue weighted by molar-refractivity contribution is 0.247. The Labute approximate surface area is 107 Å². The second kappa shape index (κ2) is 4.72. The quantitative estimate of drug-likeness (QED) is 0.879. The number of piperazine rings is 1. The zero-order chi connectivity index (χ0) is 12.5. The number of nitrogens with two attached hydrogens (primary N) is 1. The fourth-order valence-electron chi connectivity index (χ4n) is 2.49. The van der Waals surface area contributed by atoms with Crippen LogP contribution in [-0.2, 0) is 0 Å². The van der Waals surface area contributed by atoms with Crippen LogP contribution < -0.4 is 10.6 Å². The molecule has 1 aromatic rings. The number of anilines is 2. The van der Waals surface area contributed by atoms with E-state index >= 15 is 0 Å². The molecule has 0 amide bonds. The molecule has 3 rings (SSSR count). The van der Waals surface area contributed by atoms with Crippen LogP contribution in [0.4, 0.5) is 15.9 Å². The second-order valence-electron chi connectivity index (χ2n) is 5.31. The van der Waals surface area contributed by atoms with Crippen LogP contribution in [0, 0.1) is 11.7 Å². The van der Waals surface area contributed by atoms with E-state index in [1.54, 1.807) is 0 Å². The first-order chi connectivity index (χ1) is 8.72. The van der Waals surface area contributed by atoms with E-state index in [2.05, 4.69) is 9.88 Å².